The number of hydrogen-bond acceptors (Lipinski definition) is 3. The van der Waals surface area contributed by atoms with Crippen molar-refractivity contribution in [1.82, 2.24) is 14.8 Å². The third-order valence-electron chi connectivity index (χ3n) is 3.29. The largest absolute Gasteiger partial charge is 0.350 e. The molecule has 4 nitrogen and oxygen atoms in total. The number of halogens is 2. The quantitative estimate of drug-likeness (QED) is 0.940. The molecule has 0 spiro atoms. The Morgan fingerprint density at radius 1 is 1.32 bits per heavy atom. The maximum Gasteiger partial charge on any atom is 0.224 e. The molecule has 0 aliphatic carbocycles. The summed E-state index contributed by atoms with van der Waals surface area (Å²) in [6.07, 6.45) is 3.29. The molecule has 19 heavy (non-hydrogen) atoms. The van der Waals surface area contributed by atoms with E-state index in [1.165, 1.54) is 12.5 Å². The molecule has 0 unspecified atom stereocenters. The summed E-state index contributed by atoms with van der Waals surface area (Å²) < 4.78 is 15.4. The van der Waals surface area contributed by atoms with Crippen LogP contribution < -0.4 is 5.32 Å². The van der Waals surface area contributed by atoms with Gasteiger partial charge < -0.3 is 5.32 Å². The third-order valence-corrected chi connectivity index (χ3v) is 3.60. The van der Waals surface area contributed by atoms with Crippen molar-refractivity contribution in [3.8, 4) is 0 Å². The van der Waals surface area contributed by atoms with Crippen LogP contribution in [0.2, 0.25) is 5.02 Å². The third kappa shape index (κ3) is 2.56. The van der Waals surface area contributed by atoms with E-state index in [0.29, 0.717) is 6.54 Å². The molecule has 100 valence electrons. The highest BCUT2D eigenvalue weighted by Gasteiger charge is 2.15. The highest BCUT2D eigenvalue weighted by atomic mass is 35.5. The van der Waals surface area contributed by atoms with Crippen molar-refractivity contribution in [2.75, 3.05) is 5.32 Å². The second-order valence-corrected chi connectivity index (χ2v) is 5.06. The molecule has 6 heteroatoms. The van der Waals surface area contributed by atoms with E-state index in [1.54, 1.807) is 12.1 Å². The molecule has 1 N–H and O–H groups in total. The van der Waals surface area contributed by atoms with Gasteiger partial charge in [0.05, 0.1) is 5.02 Å². The van der Waals surface area contributed by atoms with Crippen molar-refractivity contribution in [3.63, 3.8) is 0 Å². The molecule has 0 bridgehead atoms. The molecule has 0 saturated carbocycles. The Labute approximate surface area is 115 Å². The fourth-order valence-electron chi connectivity index (χ4n) is 2.27. The first-order valence-electron chi connectivity index (χ1n) is 6.34. The number of aryl methyl sites for hydroxylation is 1. The number of fused-ring (bicyclic) bond motifs is 1. The van der Waals surface area contributed by atoms with Gasteiger partial charge in [-0.2, -0.15) is 0 Å². The Kier molecular flexibility index (Phi) is 3.38. The standard InChI is InChI=1S/C13H14ClFN4/c14-10-5-4-9(7-11(10)15)8-16-13-18-17-12-3-1-2-6-19(12)13/h4-5,7H,1-3,6,8H2,(H,16,18). The maximum absolute atomic E-state index is 13.3. The van der Waals surface area contributed by atoms with E-state index < -0.39 is 5.82 Å². The minimum absolute atomic E-state index is 0.142. The lowest BCUT2D eigenvalue weighted by Crippen LogP contribution is -2.14. The Bertz CT molecular complexity index is 596. The van der Waals surface area contributed by atoms with Gasteiger partial charge in [-0.15, -0.1) is 10.2 Å². The summed E-state index contributed by atoms with van der Waals surface area (Å²) in [5.74, 6) is 1.38. The molecular formula is C13H14ClFN4. The molecule has 1 aliphatic rings. The van der Waals surface area contributed by atoms with E-state index in [0.717, 1.165) is 36.7 Å². The zero-order valence-electron chi connectivity index (χ0n) is 10.4. The predicted molar refractivity (Wildman–Crippen MR) is 71.7 cm³/mol. The van der Waals surface area contributed by atoms with E-state index >= 15 is 0 Å². The Balaban J connectivity index is 1.72. The number of anilines is 1. The molecule has 0 amide bonds. The lowest BCUT2D eigenvalue weighted by atomic mass is 10.2. The van der Waals surface area contributed by atoms with Gasteiger partial charge in [-0.3, -0.25) is 4.57 Å². The summed E-state index contributed by atoms with van der Waals surface area (Å²) in [5.41, 5.74) is 0.829. The number of nitrogens with zero attached hydrogens (tertiary/aromatic N) is 3. The second kappa shape index (κ2) is 5.17. The normalized spacial score (nSPS) is 14.2. The molecule has 1 aromatic carbocycles. The van der Waals surface area contributed by atoms with Crippen molar-refractivity contribution in [1.29, 1.82) is 0 Å². The van der Waals surface area contributed by atoms with Crippen molar-refractivity contribution in [3.05, 3.63) is 40.4 Å². The summed E-state index contributed by atoms with van der Waals surface area (Å²) >= 11 is 5.65. The van der Waals surface area contributed by atoms with Crippen LogP contribution in [-0.4, -0.2) is 14.8 Å². The van der Waals surface area contributed by atoms with Gasteiger partial charge in [0, 0.05) is 19.5 Å². The monoisotopic (exact) mass is 280 g/mol. The first-order valence-corrected chi connectivity index (χ1v) is 6.72. The zero-order valence-corrected chi connectivity index (χ0v) is 11.1. The van der Waals surface area contributed by atoms with E-state index in [1.807, 2.05) is 0 Å². The molecule has 2 heterocycles. The van der Waals surface area contributed by atoms with Crippen LogP contribution >= 0.6 is 11.6 Å². The van der Waals surface area contributed by atoms with E-state index in [4.69, 9.17) is 11.6 Å². The number of nitrogens with one attached hydrogen (secondary N) is 1. The minimum atomic E-state index is -0.399. The molecule has 0 atom stereocenters. The fraction of sp³-hybridized carbons (Fsp3) is 0.385. The predicted octanol–water partition coefficient (Wildman–Crippen LogP) is 3.02. The van der Waals surface area contributed by atoms with Gasteiger partial charge in [0.25, 0.3) is 0 Å². The molecule has 0 radical (unpaired) electrons. The summed E-state index contributed by atoms with van der Waals surface area (Å²) in [6, 6.07) is 4.79. The summed E-state index contributed by atoms with van der Waals surface area (Å²) in [4.78, 5) is 0. The highest BCUT2D eigenvalue weighted by molar-refractivity contribution is 6.30. The first kappa shape index (κ1) is 12.4. The lowest BCUT2D eigenvalue weighted by molar-refractivity contribution is 0.525. The van der Waals surface area contributed by atoms with Crippen LogP contribution in [0.25, 0.3) is 0 Å². The summed E-state index contributed by atoms with van der Waals surface area (Å²) in [6.45, 7) is 1.45. The van der Waals surface area contributed by atoms with Gasteiger partial charge in [0.15, 0.2) is 0 Å². The van der Waals surface area contributed by atoms with Gasteiger partial charge in [-0.05, 0) is 30.5 Å². The van der Waals surface area contributed by atoms with Crippen LogP contribution in [-0.2, 0) is 19.5 Å². The molecule has 0 saturated heterocycles. The molecule has 1 aromatic heterocycles. The molecular weight excluding hydrogens is 267 g/mol. The number of benzene rings is 1. The van der Waals surface area contributed by atoms with Crippen molar-refractivity contribution >= 4 is 17.5 Å². The molecule has 2 aromatic rings. The second-order valence-electron chi connectivity index (χ2n) is 4.65. The van der Waals surface area contributed by atoms with Crippen LogP contribution in [0.15, 0.2) is 18.2 Å². The number of rotatable bonds is 3. The van der Waals surface area contributed by atoms with E-state index in [9.17, 15) is 4.39 Å². The summed E-state index contributed by atoms with van der Waals surface area (Å²) in [5, 5.41) is 11.6. The molecule has 1 aliphatic heterocycles. The molecule has 0 fully saturated rings. The minimum Gasteiger partial charge on any atom is -0.350 e. The Morgan fingerprint density at radius 2 is 2.21 bits per heavy atom. The SMILES string of the molecule is Fc1cc(CNc2nnc3n2CCCC3)ccc1Cl. The van der Waals surface area contributed by atoms with Gasteiger partial charge in [-0.1, -0.05) is 17.7 Å². The highest BCUT2D eigenvalue weighted by Crippen LogP contribution is 2.19. The van der Waals surface area contributed by atoms with E-state index in [-0.39, 0.29) is 5.02 Å². The lowest BCUT2D eigenvalue weighted by Gasteiger charge is -2.15. The number of hydrogen-bond donors (Lipinski definition) is 1. The summed E-state index contributed by atoms with van der Waals surface area (Å²) in [7, 11) is 0. The number of aromatic nitrogens is 3. The van der Waals surface area contributed by atoms with Crippen LogP contribution in [0, 0.1) is 5.82 Å². The smallest absolute Gasteiger partial charge is 0.224 e. The average molecular weight is 281 g/mol. The molecule has 3 rings (SSSR count). The van der Waals surface area contributed by atoms with Crippen LogP contribution in [0.4, 0.5) is 10.3 Å². The fourth-order valence-corrected chi connectivity index (χ4v) is 2.39. The first-order chi connectivity index (χ1) is 9.24. The van der Waals surface area contributed by atoms with Crippen molar-refractivity contribution in [2.45, 2.75) is 32.4 Å². The van der Waals surface area contributed by atoms with Gasteiger partial charge in [0.1, 0.15) is 11.6 Å². The zero-order chi connectivity index (χ0) is 13.2. The van der Waals surface area contributed by atoms with Gasteiger partial charge in [0.2, 0.25) is 5.95 Å². The van der Waals surface area contributed by atoms with Crippen molar-refractivity contribution < 1.29 is 4.39 Å². The van der Waals surface area contributed by atoms with Crippen LogP contribution in [0.5, 0.6) is 0 Å². The van der Waals surface area contributed by atoms with Crippen LogP contribution in [0.3, 0.4) is 0 Å². The van der Waals surface area contributed by atoms with Crippen molar-refractivity contribution in [2.24, 2.45) is 0 Å². The van der Waals surface area contributed by atoms with Gasteiger partial charge in [-0.25, -0.2) is 4.39 Å². The maximum atomic E-state index is 13.3. The Morgan fingerprint density at radius 3 is 3.05 bits per heavy atom. The van der Waals surface area contributed by atoms with Crippen LogP contribution in [0.1, 0.15) is 24.2 Å². The van der Waals surface area contributed by atoms with Gasteiger partial charge >= 0.3 is 0 Å². The van der Waals surface area contributed by atoms with E-state index in [2.05, 4.69) is 20.1 Å². The topological polar surface area (TPSA) is 42.7 Å². The average Bonchev–Trinajstić information content (AvgIpc) is 2.83. The Hall–Kier alpha value is -1.62.